The van der Waals surface area contributed by atoms with E-state index in [0.717, 1.165) is 67.2 Å². The van der Waals surface area contributed by atoms with E-state index in [0.29, 0.717) is 0 Å². The number of nitrogens with one attached hydrogen (secondary N) is 1. The molecule has 1 N–H and O–H groups in total. The van der Waals surface area contributed by atoms with E-state index in [1.54, 1.807) is 0 Å². The van der Waals surface area contributed by atoms with Crippen molar-refractivity contribution in [2.75, 3.05) is 5.32 Å². The van der Waals surface area contributed by atoms with Crippen molar-refractivity contribution in [3.63, 3.8) is 0 Å². The first-order valence-electron chi connectivity index (χ1n) is 17.8. The maximum absolute atomic E-state index is 6.95. The molecule has 246 valence electrons. The third-order valence-corrected chi connectivity index (χ3v) is 10.2. The van der Waals surface area contributed by atoms with Gasteiger partial charge in [-0.05, 0) is 64.2 Å². The topological polar surface area (TPSA) is 26.2 Å². The number of benzene rings is 8. The van der Waals surface area contributed by atoms with E-state index in [2.05, 4.69) is 204 Å². The molecule has 0 aliphatic carbocycles. The molecule has 3 nitrogen and oxygen atoms in total. The Morgan fingerprint density at radius 2 is 0.846 bits per heavy atom. The average Bonchev–Trinajstić information content (AvgIpc) is 3.81. The standard InChI is InChI=1S/C49H34N2O/c1-5-17-33(18-6-1)37-29-41(34-19-7-2-8-20-34)47-46(32-37)52-49(50-47)38-30-42(35-21-9-3-10-22-35)48(43(31-38)36-23-11-4-12-24-36)51-44-27-15-13-25-39(44)40-26-14-16-28-45(40)51/h1-32,49-50H. The molecule has 10 rings (SSSR count). The summed E-state index contributed by atoms with van der Waals surface area (Å²) >= 11 is 0. The monoisotopic (exact) mass is 666 g/mol. The molecule has 9 aromatic rings. The zero-order chi connectivity index (χ0) is 34.4. The van der Waals surface area contributed by atoms with Crippen molar-refractivity contribution in [1.29, 1.82) is 0 Å². The molecule has 0 fully saturated rings. The summed E-state index contributed by atoms with van der Waals surface area (Å²) < 4.78 is 9.41. The molecule has 52 heavy (non-hydrogen) atoms. The van der Waals surface area contributed by atoms with Crippen LogP contribution in [0.25, 0.3) is 72.0 Å². The molecule has 0 bridgehead atoms. The van der Waals surface area contributed by atoms with Crippen LogP contribution in [0.1, 0.15) is 11.8 Å². The third-order valence-electron chi connectivity index (χ3n) is 10.2. The number of ether oxygens (including phenoxy) is 1. The van der Waals surface area contributed by atoms with Crippen molar-refractivity contribution in [2.45, 2.75) is 6.23 Å². The molecule has 1 aliphatic rings. The van der Waals surface area contributed by atoms with Gasteiger partial charge >= 0.3 is 0 Å². The van der Waals surface area contributed by atoms with Crippen LogP contribution in [-0.4, -0.2) is 4.57 Å². The molecular formula is C49H34N2O. The summed E-state index contributed by atoms with van der Waals surface area (Å²) in [6.45, 7) is 0. The van der Waals surface area contributed by atoms with Crippen molar-refractivity contribution in [1.82, 2.24) is 4.57 Å². The first-order valence-corrected chi connectivity index (χ1v) is 17.8. The normalized spacial score (nSPS) is 13.5. The van der Waals surface area contributed by atoms with Crippen molar-refractivity contribution in [3.8, 4) is 55.9 Å². The molecule has 0 spiro atoms. The number of rotatable bonds is 6. The summed E-state index contributed by atoms with van der Waals surface area (Å²) in [5, 5.41) is 6.31. The number of nitrogens with zero attached hydrogens (tertiary/aromatic N) is 1. The number of anilines is 1. The Labute approximate surface area is 303 Å². The van der Waals surface area contributed by atoms with E-state index in [9.17, 15) is 0 Å². The maximum Gasteiger partial charge on any atom is 0.196 e. The molecule has 0 radical (unpaired) electrons. The van der Waals surface area contributed by atoms with Crippen LogP contribution in [0.4, 0.5) is 5.69 Å². The Bertz CT molecular complexity index is 2600. The molecule has 0 saturated heterocycles. The maximum atomic E-state index is 6.95. The van der Waals surface area contributed by atoms with Crippen LogP contribution in [0.3, 0.4) is 0 Å². The minimum absolute atomic E-state index is 0.402. The van der Waals surface area contributed by atoms with Crippen molar-refractivity contribution in [2.24, 2.45) is 0 Å². The molecule has 1 aromatic heterocycles. The highest BCUT2D eigenvalue weighted by molar-refractivity contribution is 6.10. The van der Waals surface area contributed by atoms with Gasteiger partial charge in [0, 0.05) is 33.0 Å². The Kier molecular flexibility index (Phi) is 7.21. The molecule has 0 saturated carbocycles. The van der Waals surface area contributed by atoms with Gasteiger partial charge in [-0.15, -0.1) is 0 Å². The lowest BCUT2D eigenvalue weighted by molar-refractivity contribution is 0.260. The van der Waals surface area contributed by atoms with Crippen molar-refractivity contribution in [3.05, 3.63) is 200 Å². The summed E-state index contributed by atoms with van der Waals surface area (Å²) in [5.74, 6) is 0.846. The fourth-order valence-electron chi connectivity index (χ4n) is 7.83. The highest BCUT2D eigenvalue weighted by Gasteiger charge is 2.30. The van der Waals surface area contributed by atoms with Gasteiger partial charge in [-0.3, -0.25) is 0 Å². The van der Waals surface area contributed by atoms with Gasteiger partial charge in [0.25, 0.3) is 0 Å². The van der Waals surface area contributed by atoms with Crippen LogP contribution in [0.2, 0.25) is 0 Å². The number of hydrogen-bond donors (Lipinski definition) is 1. The fourth-order valence-corrected chi connectivity index (χ4v) is 7.83. The van der Waals surface area contributed by atoms with E-state index < -0.39 is 6.23 Å². The predicted octanol–water partition coefficient (Wildman–Crippen LogP) is 13.0. The highest BCUT2D eigenvalue weighted by atomic mass is 16.5. The molecule has 1 unspecified atom stereocenters. The molecule has 1 atom stereocenters. The zero-order valence-corrected chi connectivity index (χ0v) is 28.4. The zero-order valence-electron chi connectivity index (χ0n) is 28.4. The average molecular weight is 667 g/mol. The van der Waals surface area contributed by atoms with Crippen LogP contribution in [0, 0.1) is 0 Å². The largest absolute Gasteiger partial charge is 0.464 e. The van der Waals surface area contributed by atoms with E-state index in [-0.39, 0.29) is 0 Å². The van der Waals surface area contributed by atoms with Gasteiger partial charge in [0.2, 0.25) is 0 Å². The second-order valence-electron chi connectivity index (χ2n) is 13.3. The highest BCUT2D eigenvalue weighted by Crippen LogP contribution is 2.49. The lowest BCUT2D eigenvalue weighted by Gasteiger charge is -2.23. The molecule has 0 amide bonds. The molecule has 8 aromatic carbocycles. The second kappa shape index (κ2) is 12.5. The minimum Gasteiger partial charge on any atom is -0.464 e. The van der Waals surface area contributed by atoms with Gasteiger partial charge in [-0.2, -0.15) is 0 Å². The Hall–Kier alpha value is -6.84. The van der Waals surface area contributed by atoms with E-state index in [1.165, 1.54) is 21.8 Å². The molecule has 2 heterocycles. The quantitative estimate of drug-likeness (QED) is 0.191. The molecule has 1 aliphatic heterocycles. The van der Waals surface area contributed by atoms with Crippen LogP contribution >= 0.6 is 0 Å². The minimum atomic E-state index is -0.402. The van der Waals surface area contributed by atoms with Gasteiger partial charge in [-0.25, -0.2) is 0 Å². The fraction of sp³-hybridized carbons (Fsp3) is 0.0204. The van der Waals surface area contributed by atoms with Crippen molar-refractivity contribution >= 4 is 27.5 Å². The number of para-hydroxylation sites is 2. The van der Waals surface area contributed by atoms with Crippen molar-refractivity contribution < 1.29 is 4.74 Å². The number of aromatic nitrogens is 1. The lowest BCUT2D eigenvalue weighted by Crippen LogP contribution is -2.12. The summed E-state index contributed by atoms with van der Waals surface area (Å²) in [6.07, 6.45) is -0.402. The first-order chi connectivity index (χ1) is 25.8. The predicted molar refractivity (Wildman–Crippen MR) is 216 cm³/mol. The first kappa shape index (κ1) is 30.0. The van der Waals surface area contributed by atoms with Crippen LogP contribution in [0.5, 0.6) is 5.75 Å². The summed E-state index contributed by atoms with van der Waals surface area (Å²) in [7, 11) is 0. The summed E-state index contributed by atoms with van der Waals surface area (Å²) in [6, 6.07) is 69.2. The van der Waals surface area contributed by atoms with Gasteiger partial charge < -0.3 is 14.6 Å². The van der Waals surface area contributed by atoms with Gasteiger partial charge in [0.1, 0.15) is 5.75 Å². The van der Waals surface area contributed by atoms with Gasteiger partial charge in [0.15, 0.2) is 6.23 Å². The Balaban J connectivity index is 1.22. The summed E-state index contributed by atoms with van der Waals surface area (Å²) in [5.41, 5.74) is 14.7. The molecular weight excluding hydrogens is 633 g/mol. The van der Waals surface area contributed by atoms with Crippen LogP contribution < -0.4 is 10.1 Å². The Morgan fingerprint density at radius 3 is 1.37 bits per heavy atom. The smallest absolute Gasteiger partial charge is 0.196 e. The number of hydrogen-bond acceptors (Lipinski definition) is 2. The SMILES string of the molecule is c1ccc(-c2cc3c(c(-c4ccccc4)c2)NC(c2cc(-c4ccccc4)c(-n4c5ccccc5c5ccccc54)c(-c4ccccc4)c2)O3)cc1. The van der Waals surface area contributed by atoms with E-state index in [1.807, 2.05) is 0 Å². The van der Waals surface area contributed by atoms with Crippen LogP contribution in [0.15, 0.2) is 194 Å². The second-order valence-corrected chi connectivity index (χ2v) is 13.3. The van der Waals surface area contributed by atoms with Crippen LogP contribution in [-0.2, 0) is 0 Å². The van der Waals surface area contributed by atoms with Gasteiger partial charge in [0.05, 0.1) is 22.4 Å². The van der Waals surface area contributed by atoms with E-state index in [4.69, 9.17) is 4.74 Å². The third kappa shape index (κ3) is 5.06. The Morgan fingerprint density at radius 1 is 0.404 bits per heavy atom. The molecule has 3 heteroatoms. The summed E-state index contributed by atoms with van der Waals surface area (Å²) in [4.78, 5) is 0. The van der Waals surface area contributed by atoms with E-state index >= 15 is 0 Å². The van der Waals surface area contributed by atoms with Gasteiger partial charge in [-0.1, -0.05) is 158 Å². The lowest BCUT2D eigenvalue weighted by atomic mass is 9.92. The number of fused-ring (bicyclic) bond motifs is 4.